The number of aliphatic carboxylic acids is 1. The van der Waals surface area contributed by atoms with Gasteiger partial charge in [-0.1, -0.05) is 64.6 Å². The van der Waals surface area contributed by atoms with Crippen LogP contribution in [0.15, 0.2) is 30.3 Å². The van der Waals surface area contributed by atoms with Gasteiger partial charge in [0, 0.05) is 6.42 Å². The van der Waals surface area contributed by atoms with Gasteiger partial charge in [0.25, 0.3) is 0 Å². The van der Waals surface area contributed by atoms with E-state index in [1.165, 1.54) is 37.1 Å². The van der Waals surface area contributed by atoms with Crippen molar-refractivity contribution < 1.29 is 9.90 Å². The van der Waals surface area contributed by atoms with Gasteiger partial charge in [-0.05, 0) is 24.3 Å². The molecule has 1 aromatic rings. The molecule has 0 amide bonds. The minimum Gasteiger partial charge on any atom is -0.481 e. The van der Waals surface area contributed by atoms with Gasteiger partial charge in [0.15, 0.2) is 0 Å². The van der Waals surface area contributed by atoms with Crippen LogP contribution in [0, 0.1) is 0 Å². The summed E-state index contributed by atoms with van der Waals surface area (Å²) in [6.45, 7) is 0. The first-order valence-corrected chi connectivity index (χ1v) is 8.00. The summed E-state index contributed by atoms with van der Waals surface area (Å²) < 4.78 is 0. The molecule has 0 saturated carbocycles. The summed E-state index contributed by atoms with van der Waals surface area (Å²) in [4.78, 5) is 10.3. The maximum absolute atomic E-state index is 10.3. The maximum atomic E-state index is 10.3. The fourth-order valence-corrected chi connectivity index (χ4v) is 3.04. The largest absolute Gasteiger partial charge is 0.481 e. The van der Waals surface area contributed by atoms with Crippen molar-refractivity contribution in [3.8, 4) is 0 Å². The Morgan fingerprint density at radius 2 is 1.56 bits per heavy atom. The summed E-state index contributed by atoms with van der Waals surface area (Å²) in [7, 11) is 0.936. The highest BCUT2D eigenvalue weighted by atomic mass is 31.1. The molecule has 0 saturated heterocycles. The number of hydrogen-bond donors (Lipinski definition) is 1. The topological polar surface area (TPSA) is 37.3 Å². The van der Waals surface area contributed by atoms with Crippen LogP contribution in [0.25, 0.3) is 0 Å². The van der Waals surface area contributed by atoms with Gasteiger partial charge in [-0.2, -0.15) is 0 Å². The number of benzene rings is 1. The molecule has 0 aliphatic heterocycles. The van der Waals surface area contributed by atoms with E-state index >= 15 is 0 Å². The summed E-state index contributed by atoms with van der Waals surface area (Å²) in [5, 5.41) is 9.95. The number of carboxylic acids is 1. The van der Waals surface area contributed by atoms with Crippen molar-refractivity contribution in [2.45, 2.75) is 44.9 Å². The van der Waals surface area contributed by atoms with Crippen molar-refractivity contribution in [2.24, 2.45) is 0 Å². The third kappa shape index (κ3) is 8.25. The number of carboxylic acid groups (broad SMARTS) is 1. The van der Waals surface area contributed by atoms with Crippen LogP contribution in [0.2, 0.25) is 0 Å². The second-order valence-corrected chi connectivity index (χ2v) is 5.99. The zero-order chi connectivity index (χ0) is 13.1. The second-order valence-electron chi connectivity index (χ2n) is 4.56. The fourth-order valence-electron chi connectivity index (χ4n) is 1.90. The first kappa shape index (κ1) is 15.2. The van der Waals surface area contributed by atoms with E-state index in [4.69, 9.17) is 5.11 Å². The molecule has 0 fully saturated rings. The summed E-state index contributed by atoms with van der Waals surface area (Å²) in [6.07, 6.45) is 8.53. The standard InChI is InChI=1S/C15H23O2P/c16-15(17)12-8-3-1-2-4-9-13-18-14-10-6-5-7-11-14/h5-7,10-11,18H,1-4,8-9,12-13H2,(H,16,17). The molecule has 18 heavy (non-hydrogen) atoms. The van der Waals surface area contributed by atoms with E-state index in [0.717, 1.165) is 21.4 Å². The molecule has 0 aliphatic carbocycles. The maximum Gasteiger partial charge on any atom is 0.303 e. The molecule has 0 aliphatic rings. The number of hydrogen-bond acceptors (Lipinski definition) is 1. The van der Waals surface area contributed by atoms with Crippen LogP contribution in [0.1, 0.15) is 44.9 Å². The molecule has 0 bridgehead atoms. The average molecular weight is 266 g/mol. The van der Waals surface area contributed by atoms with Crippen LogP contribution >= 0.6 is 8.58 Å². The van der Waals surface area contributed by atoms with Gasteiger partial charge in [0.2, 0.25) is 0 Å². The lowest BCUT2D eigenvalue weighted by molar-refractivity contribution is -0.137. The summed E-state index contributed by atoms with van der Waals surface area (Å²) in [5.41, 5.74) is 0. The Labute approximate surface area is 112 Å². The van der Waals surface area contributed by atoms with Gasteiger partial charge in [0.05, 0.1) is 0 Å². The van der Waals surface area contributed by atoms with Gasteiger partial charge < -0.3 is 5.11 Å². The zero-order valence-electron chi connectivity index (χ0n) is 10.9. The first-order chi connectivity index (χ1) is 8.79. The van der Waals surface area contributed by atoms with E-state index in [2.05, 4.69) is 30.3 Å². The smallest absolute Gasteiger partial charge is 0.303 e. The van der Waals surface area contributed by atoms with E-state index in [-0.39, 0.29) is 0 Å². The van der Waals surface area contributed by atoms with Crippen molar-refractivity contribution >= 4 is 19.9 Å². The molecule has 1 N–H and O–H groups in total. The predicted molar refractivity (Wildman–Crippen MR) is 79.2 cm³/mol. The van der Waals surface area contributed by atoms with Crippen LogP contribution < -0.4 is 5.30 Å². The lowest BCUT2D eigenvalue weighted by atomic mass is 10.1. The Morgan fingerprint density at radius 3 is 2.22 bits per heavy atom. The average Bonchev–Trinajstić information content (AvgIpc) is 2.37. The summed E-state index contributed by atoms with van der Waals surface area (Å²) >= 11 is 0. The minimum atomic E-state index is -0.668. The second kappa shape index (κ2) is 10.1. The Bertz CT molecular complexity index is 325. The van der Waals surface area contributed by atoms with Crippen LogP contribution in [0.4, 0.5) is 0 Å². The highest BCUT2D eigenvalue weighted by Crippen LogP contribution is 2.14. The normalized spacial score (nSPS) is 11.1. The molecule has 0 heterocycles. The quantitative estimate of drug-likeness (QED) is 0.516. The molecule has 1 unspecified atom stereocenters. The molecule has 1 atom stereocenters. The van der Waals surface area contributed by atoms with E-state index in [1.54, 1.807) is 0 Å². The molecular formula is C15H23O2P. The Kier molecular flexibility index (Phi) is 8.50. The minimum absolute atomic E-state index is 0.329. The van der Waals surface area contributed by atoms with Crippen LogP contribution in [-0.4, -0.2) is 17.2 Å². The predicted octanol–water partition coefficient (Wildman–Crippen LogP) is 3.81. The fraction of sp³-hybridized carbons (Fsp3) is 0.533. The van der Waals surface area contributed by atoms with Gasteiger partial charge >= 0.3 is 5.97 Å². The van der Waals surface area contributed by atoms with Crippen molar-refractivity contribution in [2.75, 3.05) is 6.16 Å². The van der Waals surface area contributed by atoms with E-state index < -0.39 is 5.97 Å². The molecule has 3 heteroatoms. The number of carbonyl (C=O) groups is 1. The van der Waals surface area contributed by atoms with E-state index in [1.807, 2.05) is 0 Å². The Hall–Kier alpha value is -0.880. The molecule has 0 spiro atoms. The molecule has 2 nitrogen and oxygen atoms in total. The monoisotopic (exact) mass is 266 g/mol. The van der Waals surface area contributed by atoms with Crippen LogP contribution in [0.3, 0.4) is 0 Å². The van der Waals surface area contributed by atoms with Crippen molar-refractivity contribution in [3.63, 3.8) is 0 Å². The Morgan fingerprint density at radius 1 is 0.944 bits per heavy atom. The number of rotatable bonds is 10. The highest BCUT2D eigenvalue weighted by molar-refractivity contribution is 7.47. The molecule has 1 rings (SSSR count). The summed E-state index contributed by atoms with van der Waals surface area (Å²) in [5.74, 6) is -0.668. The SMILES string of the molecule is O=C(O)CCCCCCCCPc1ccccc1. The summed E-state index contributed by atoms with van der Waals surface area (Å²) in [6, 6.07) is 10.7. The van der Waals surface area contributed by atoms with Crippen molar-refractivity contribution in [1.29, 1.82) is 0 Å². The highest BCUT2D eigenvalue weighted by Gasteiger charge is 1.97. The van der Waals surface area contributed by atoms with Gasteiger partial charge in [-0.25, -0.2) is 0 Å². The van der Waals surface area contributed by atoms with E-state index in [0.29, 0.717) is 6.42 Å². The molecule has 0 aromatic heterocycles. The third-order valence-electron chi connectivity index (χ3n) is 2.92. The Balaban J connectivity index is 1.86. The zero-order valence-corrected chi connectivity index (χ0v) is 11.9. The molecule has 0 radical (unpaired) electrons. The van der Waals surface area contributed by atoms with Crippen molar-refractivity contribution in [3.05, 3.63) is 30.3 Å². The van der Waals surface area contributed by atoms with Gasteiger partial charge in [-0.15, -0.1) is 0 Å². The molecular weight excluding hydrogens is 243 g/mol. The van der Waals surface area contributed by atoms with Crippen molar-refractivity contribution in [1.82, 2.24) is 0 Å². The number of unbranched alkanes of at least 4 members (excludes halogenated alkanes) is 5. The molecule has 100 valence electrons. The lowest BCUT2D eigenvalue weighted by Gasteiger charge is -2.02. The first-order valence-electron chi connectivity index (χ1n) is 6.80. The van der Waals surface area contributed by atoms with Gasteiger partial charge in [0.1, 0.15) is 0 Å². The lowest BCUT2D eigenvalue weighted by Crippen LogP contribution is -1.94. The van der Waals surface area contributed by atoms with Crippen LogP contribution in [0.5, 0.6) is 0 Å². The third-order valence-corrected chi connectivity index (χ3v) is 4.27. The van der Waals surface area contributed by atoms with Crippen LogP contribution in [-0.2, 0) is 4.79 Å². The van der Waals surface area contributed by atoms with E-state index in [9.17, 15) is 4.79 Å². The molecule has 1 aromatic carbocycles. The van der Waals surface area contributed by atoms with Gasteiger partial charge in [-0.3, -0.25) is 4.79 Å².